The van der Waals surface area contributed by atoms with Gasteiger partial charge >= 0.3 is 0 Å². The van der Waals surface area contributed by atoms with Crippen LogP contribution in [-0.2, 0) is 5.41 Å². The molecular formula is C55H35NS. The molecule has 0 N–H and O–H groups in total. The van der Waals surface area contributed by atoms with Crippen LogP contribution in [0.15, 0.2) is 212 Å². The Balaban J connectivity index is 1.05. The molecule has 2 aliphatic rings. The predicted molar refractivity (Wildman–Crippen MR) is 241 cm³/mol. The first-order chi connectivity index (χ1) is 28.3. The average Bonchev–Trinajstić information content (AvgIpc) is 3.91. The Morgan fingerprint density at radius 2 is 0.842 bits per heavy atom. The van der Waals surface area contributed by atoms with E-state index in [4.69, 9.17) is 0 Å². The highest BCUT2D eigenvalue weighted by molar-refractivity contribution is 7.25. The lowest BCUT2D eigenvalue weighted by Gasteiger charge is -2.30. The van der Waals surface area contributed by atoms with Gasteiger partial charge in [-0.2, -0.15) is 0 Å². The number of rotatable bonds is 5. The summed E-state index contributed by atoms with van der Waals surface area (Å²) in [6.45, 7) is 0. The standard InChI is InChI=1S/C55H35NS/c1-2-17-37(18-3-1)56(39-32-33-53-47(35-39)44-24-9-13-31-52(44)57-53)38-19-14-16-36(34-38)40-20-4-5-21-41(40)45-26-15-30-51-54(45)46-25-8-12-29-50(46)55(51)48-27-10-6-22-42(48)43-23-7-11-28-49(43)55/h1-35H. The minimum absolute atomic E-state index is 0.380. The fourth-order valence-electron chi connectivity index (χ4n) is 10.0. The fourth-order valence-corrected chi connectivity index (χ4v) is 11.1. The molecule has 0 amide bonds. The number of benzene rings is 9. The van der Waals surface area contributed by atoms with Crippen LogP contribution in [-0.4, -0.2) is 0 Å². The van der Waals surface area contributed by atoms with Gasteiger partial charge in [0.15, 0.2) is 0 Å². The molecule has 0 bridgehead atoms. The number of nitrogens with zero attached hydrogens (tertiary/aromatic N) is 1. The Labute approximate surface area is 336 Å². The van der Waals surface area contributed by atoms with Gasteiger partial charge in [-0.1, -0.05) is 164 Å². The van der Waals surface area contributed by atoms with E-state index in [0.29, 0.717) is 0 Å². The second-order valence-electron chi connectivity index (χ2n) is 15.2. The molecule has 0 radical (unpaired) electrons. The van der Waals surface area contributed by atoms with Gasteiger partial charge in [-0.25, -0.2) is 0 Å². The Kier molecular flexibility index (Phi) is 7.08. The normalized spacial score (nSPS) is 13.1. The highest BCUT2D eigenvalue weighted by atomic mass is 32.1. The third-order valence-corrected chi connectivity index (χ3v) is 13.4. The summed E-state index contributed by atoms with van der Waals surface area (Å²) in [5.41, 5.74) is 18.6. The highest BCUT2D eigenvalue weighted by Gasteiger charge is 2.52. The van der Waals surface area contributed by atoms with E-state index in [0.717, 1.165) is 17.1 Å². The first-order valence-corrected chi connectivity index (χ1v) is 20.5. The quantitative estimate of drug-likeness (QED) is 0.170. The minimum Gasteiger partial charge on any atom is -0.310 e. The molecule has 1 nitrogen and oxygen atoms in total. The minimum atomic E-state index is -0.380. The summed E-state index contributed by atoms with van der Waals surface area (Å²) >= 11 is 1.86. The van der Waals surface area contributed by atoms with E-state index in [-0.39, 0.29) is 5.41 Å². The van der Waals surface area contributed by atoms with E-state index in [1.54, 1.807) is 0 Å². The molecule has 0 atom stereocenters. The largest absolute Gasteiger partial charge is 0.310 e. The lowest BCUT2D eigenvalue weighted by atomic mass is 9.70. The van der Waals surface area contributed by atoms with E-state index in [1.165, 1.54) is 86.9 Å². The van der Waals surface area contributed by atoms with Crippen molar-refractivity contribution in [2.24, 2.45) is 0 Å². The summed E-state index contributed by atoms with van der Waals surface area (Å²) in [5, 5.41) is 2.59. The maximum absolute atomic E-state index is 2.40. The van der Waals surface area contributed by atoms with Crippen LogP contribution in [0.5, 0.6) is 0 Å². The van der Waals surface area contributed by atoms with E-state index in [1.807, 2.05) is 11.3 Å². The number of thiophene rings is 1. The maximum atomic E-state index is 2.40. The lowest BCUT2D eigenvalue weighted by molar-refractivity contribution is 0.794. The summed E-state index contributed by atoms with van der Waals surface area (Å²) in [4.78, 5) is 2.40. The van der Waals surface area contributed by atoms with Crippen molar-refractivity contribution in [2.45, 2.75) is 5.41 Å². The molecule has 2 heteroatoms. The second-order valence-corrected chi connectivity index (χ2v) is 16.2. The predicted octanol–water partition coefficient (Wildman–Crippen LogP) is 15.2. The first-order valence-electron chi connectivity index (χ1n) is 19.7. The number of hydrogen-bond acceptors (Lipinski definition) is 2. The Morgan fingerprint density at radius 1 is 0.316 bits per heavy atom. The van der Waals surface area contributed by atoms with Crippen LogP contribution in [0, 0.1) is 0 Å². The zero-order valence-corrected chi connectivity index (χ0v) is 31.9. The molecular weight excluding hydrogens is 707 g/mol. The zero-order valence-electron chi connectivity index (χ0n) is 31.1. The molecule has 0 unspecified atom stereocenters. The van der Waals surface area contributed by atoms with Gasteiger partial charge in [-0.05, 0) is 115 Å². The van der Waals surface area contributed by atoms with Crippen molar-refractivity contribution in [1.29, 1.82) is 0 Å². The summed E-state index contributed by atoms with van der Waals surface area (Å²) in [6.07, 6.45) is 0. The lowest BCUT2D eigenvalue weighted by Crippen LogP contribution is -2.25. The smallest absolute Gasteiger partial charge is 0.0725 e. The number of para-hydroxylation sites is 1. The highest BCUT2D eigenvalue weighted by Crippen LogP contribution is 2.64. The van der Waals surface area contributed by atoms with E-state index >= 15 is 0 Å². The fraction of sp³-hybridized carbons (Fsp3) is 0.0182. The van der Waals surface area contributed by atoms with Crippen LogP contribution in [0.1, 0.15) is 22.3 Å². The van der Waals surface area contributed by atoms with Crippen molar-refractivity contribution in [3.63, 3.8) is 0 Å². The molecule has 1 heterocycles. The van der Waals surface area contributed by atoms with Gasteiger partial charge < -0.3 is 4.90 Å². The Hall–Kier alpha value is -7.00. The van der Waals surface area contributed by atoms with Crippen LogP contribution in [0.4, 0.5) is 17.1 Å². The van der Waals surface area contributed by atoms with Crippen LogP contribution >= 0.6 is 11.3 Å². The van der Waals surface area contributed by atoms with Crippen LogP contribution in [0.25, 0.3) is 64.7 Å². The topological polar surface area (TPSA) is 3.24 Å². The van der Waals surface area contributed by atoms with E-state index < -0.39 is 0 Å². The molecule has 1 aromatic heterocycles. The van der Waals surface area contributed by atoms with Crippen LogP contribution < -0.4 is 4.90 Å². The van der Waals surface area contributed by atoms with Crippen LogP contribution in [0.2, 0.25) is 0 Å². The third-order valence-electron chi connectivity index (χ3n) is 12.3. The Bertz CT molecular complexity index is 3160. The molecule has 0 aliphatic heterocycles. The molecule has 10 aromatic rings. The monoisotopic (exact) mass is 741 g/mol. The second kappa shape index (κ2) is 12.5. The Morgan fingerprint density at radius 3 is 1.61 bits per heavy atom. The molecule has 266 valence electrons. The number of hydrogen-bond donors (Lipinski definition) is 0. The van der Waals surface area contributed by atoms with Gasteiger partial charge in [0.05, 0.1) is 5.41 Å². The van der Waals surface area contributed by atoms with Gasteiger partial charge in [-0.15, -0.1) is 11.3 Å². The van der Waals surface area contributed by atoms with Gasteiger partial charge in [0.1, 0.15) is 0 Å². The van der Waals surface area contributed by atoms with Gasteiger partial charge in [0.2, 0.25) is 0 Å². The molecule has 1 spiro atoms. The van der Waals surface area contributed by atoms with Crippen molar-refractivity contribution < 1.29 is 0 Å². The summed E-state index contributed by atoms with van der Waals surface area (Å²) in [6, 6.07) is 78.7. The van der Waals surface area contributed by atoms with Crippen molar-refractivity contribution in [3.05, 3.63) is 235 Å². The molecule has 0 saturated carbocycles. The molecule has 0 saturated heterocycles. The average molecular weight is 742 g/mol. The van der Waals surface area contributed by atoms with Gasteiger partial charge in [-0.3, -0.25) is 0 Å². The molecule has 0 fully saturated rings. The van der Waals surface area contributed by atoms with Gasteiger partial charge in [0, 0.05) is 37.2 Å². The van der Waals surface area contributed by atoms with Gasteiger partial charge in [0.25, 0.3) is 0 Å². The first kappa shape index (κ1) is 32.3. The number of anilines is 3. The molecule has 12 rings (SSSR count). The van der Waals surface area contributed by atoms with Crippen molar-refractivity contribution in [1.82, 2.24) is 0 Å². The molecule has 9 aromatic carbocycles. The summed E-state index contributed by atoms with van der Waals surface area (Å²) < 4.78 is 2.62. The molecule has 2 aliphatic carbocycles. The SMILES string of the molecule is c1ccc(N(c2cccc(-c3ccccc3-c3cccc4c3-c3ccccc3C43c4ccccc4-c4ccccc43)c2)c2ccc3sc4ccccc4c3c2)cc1. The van der Waals surface area contributed by atoms with Crippen molar-refractivity contribution in [3.8, 4) is 44.5 Å². The summed E-state index contributed by atoms with van der Waals surface area (Å²) in [5.74, 6) is 0. The van der Waals surface area contributed by atoms with Crippen LogP contribution in [0.3, 0.4) is 0 Å². The van der Waals surface area contributed by atoms with Crippen molar-refractivity contribution >= 4 is 48.6 Å². The van der Waals surface area contributed by atoms with Crippen molar-refractivity contribution in [2.75, 3.05) is 4.90 Å². The third kappa shape index (κ3) is 4.62. The molecule has 57 heavy (non-hydrogen) atoms. The zero-order chi connectivity index (χ0) is 37.5. The summed E-state index contributed by atoms with van der Waals surface area (Å²) in [7, 11) is 0. The number of fused-ring (bicyclic) bond motifs is 13. The maximum Gasteiger partial charge on any atom is 0.0725 e. The van der Waals surface area contributed by atoms with E-state index in [2.05, 4.69) is 217 Å². The van der Waals surface area contributed by atoms with E-state index in [9.17, 15) is 0 Å².